The number of hydrogen-bond donors (Lipinski definition) is 4. The van der Waals surface area contributed by atoms with E-state index in [1.807, 2.05) is 0 Å². The van der Waals surface area contributed by atoms with Gasteiger partial charge in [0.2, 0.25) is 5.52 Å². The summed E-state index contributed by atoms with van der Waals surface area (Å²) in [5.41, 5.74) is -2.33. The second-order valence-electron chi connectivity index (χ2n) is 3.92. The number of hydrogen-bond acceptors (Lipinski definition) is 3. The van der Waals surface area contributed by atoms with Gasteiger partial charge in [-0.25, -0.2) is 8.78 Å². The second kappa shape index (κ2) is 4.66. The summed E-state index contributed by atoms with van der Waals surface area (Å²) < 4.78 is 47.7. The highest BCUT2D eigenvalue weighted by atomic mass is 31.2. The van der Waals surface area contributed by atoms with Crippen molar-refractivity contribution in [2.24, 2.45) is 0 Å². The van der Waals surface area contributed by atoms with Crippen LogP contribution < -0.4 is 0 Å². The van der Waals surface area contributed by atoms with Crippen molar-refractivity contribution >= 4 is 15.2 Å². The molecular formula is C6H13F2NO6P2. The SMILES string of the molecule is O=P(O)(O)C(N1CCC(F)(F)CC1)P(=O)(O)O. The molecule has 1 rings (SSSR count). The molecule has 4 N–H and O–H groups in total. The average Bonchev–Trinajstić information content (AvgIpc) is 2.03. The fourth-order valence-electron chi connectivity index (χ4n) is 1.70. The van der Waals surface area contributed by atoms with E-state index in [1.165, 1.54) is 0 Å². The smallest absolute Gasteiger partial charge is 0.323 e. The molecule has 1 fully saturated rings. The Morgan fingerprint density at radius 3 is 1.65 bits per heavy atom. The van der Waals surface area contributed by atoms with Crippen LogP contribution in [-0.4, -0.2) is 49.0 Å². The lowest BCUT2D eigenvalue weighted by Gasteiger charge is -2.37. The quantitative estimate of drug-likeness (QED) is 0.555. The topological polar surface area (TPSA) is 118 Å². The van der Waals surface area contributed by atoms with Gasteiger partial charge in [0.15, 0.2) is 0 Å². The van der Waals surface area contributed by atoms with Crippen LogP contribution in [0.1, 0.15) is 12.8 Å². The summed E-state index contributed by atoms with van der Waals surface area (Å²) in [4.78, 5) is 36.3. The molecule has 0 aliphatic carbocycles. The van der Waals surface area contributed by atoms with E-state index in [2.05, 4.69) is 0 Å². The Bertz CT molecular complexity index is 347. The highest BCUT2D eigenvalue weighted by Gasteiger charge is 2.50. The molecule has 0 bridgehead atoms. The molecule has 0 aromatic carbocycles. The molecular weight excluding hydrogens is 282 g/mol. The van der Waals surface area contributed by atoms with Gasteiger partial charge >= 0.3 is 15.2 Å². The van der Waals surface area contributed by atoms with Crippen molar-refractivity contribution in [3.05, 3.63) is 0 Å². The van der Waals surface area contributed by atoms with Crippen molar-refractivity contribution in [1.82, 2.24) is 4.90 Å². The minimum atomic E-state index is -5.09. The van der Waals surface area contributed by atoms with Gasteiger partial charge < -0.3 is 19.6 Å². The first-order valence-corrected chi connectivity index (χ1v) is 8.02. The number of alkyl halides is 2. The molecule has 0 aromatic rings. The molecule has 0 aromatic heterocycles. The standard InChI is InChI=1S/C6H13F2NO6P2/c7-6(8)1-3-9(4-2-6)5(16(10,11)12)17(13,14)15/h5H,1-4H2,(H2,10,11,12)(H2,13,14,15). The molecule has 0 spiro atoms. The zero-order valence-corrected chi connectivity index (χ0v) is 10.4. The Morgan fingerprint density at radius 2 is 1.35 bits per heavy atom. The van der Waals surface area contributed by atoms with E-state index in [1.54, 1.807) is 0 Å². The predicted octanol–water partition coefficient (Wildman–Crippen LogP) is 0.357. The first-order valence-electron chi connectivity index (χ1n) is 4.66. The number of nitrogens with zero attached hydrogens (tertiary/aromatic N) is 1. The Kier molecular flexibility index (Phi) is 4.16. The summed E-state index contributed by atoms with van der Waals surface area (Å²) in [6, 6.07) is 0. The maximum atomic E-state index is 12.8. The van der Waals surface area contributed by atoms with Crippen molar-refractivity contribution in [2.45, 2.75) is 24.3 Å². The largest absolute Gasteiger partial charge is 0.354 e. The van der Waals surface area contributed by atoms with E-state index in [0.29, 0.717) is 0 Å². The van der Waals surface area contributed by atoms with E-state index in [4.69, 9.17) is 19.6 Å². The summed E-state index contributed by atoms with van der Waals surface area (Å²) in [6.45, 7) is -0.929. The fraction of sp³-hybridized carbons (Fsp3) is 1.00. The van der Waals surface area contributed by atoms with Gasteiger partial charge in [-0.05, 0) is 0 Å². The summed E-state index contributed by atoms with van der Waals surface area (Å²) in [5.74, 6) is -2.95. The van der Waals surface area contributed by atoms with Crippen LogP contribution in [0.3, 0.4) is 0 Å². The Morgan fingerprint density at radius 1 is 1.00 bits per heavy atom. The lowest BCUT2D eigenvalue weighted by Crippen LogP contribution is -2.44. The predicted molar refractivity (Wildman–Crippen MR) is 53.6 cm³/mol. The molecule has 0 unspecified atom stereocenters. The number of likely N-dealkylation sites (tertiary alicyclic amines) is 1. The molecule has 17 heavy (non-hydrogen) atoms. The monoisotopic (exact) mass is 295 g/mol. The third-order valence-corrected chi connectivity index (χ3v) is 6.12. The first kappa shape index (κ1) is 15.2. The van der Waals surface area contributed by atoms with Crippen molar-refractivity contribution in [3.63, 3.8) is 0 Å². The maximum Gasteiger partial charge on any atom is 0.354 e. The van der Waals surface area contributed by atoms with Crippen LogP contribution in [0.4, 0.5) is 8.78 Å². The Hall–Kier alpha value is 0.120. The fourth-order valence-corrected chi connectivity index (χ4v) is 4.58. The van der Waals surface area contributed by atoms with E-state index < -0.39 is 52.6 Å². The molecule has 1 heterocycles. The van der Waals surface area contributed by atoms with Crippen LogP contribution in [-0.2, 0) is 9.13 Å². The van der Waals surface area contributed by atoms with Crippen LogP contribution >= 0.6 is 15.2 Å². The van der Waals surface area contributed by atoms with Crippen LogP contribution in [0.25, 0.3) is 0 Å². The van der Waals surface area contributed by atoms with Gasteiger partial charge in [-0.3, -0.25) is 14.0 Å². The first-order chi connectivity index (χ1) is 7.43. The summed E-state index contributed by atoms with van der Waals surface area (Å²) in [7, 11) is -10.2. The van der Waals surface area contributed by atoms with Crippen molar-refractivity contribution in [1.29, 1.82) is 0 Å². The zero-order valence-electron chi connectivity index (χ0n) is 8.61. The molecule has 0 radical (unpaired) electrons. The molecule has 0 atom stereocenters. The number of halogens is 2. The van der Waals surface area contributed by atoms with Crippen LogP contribution in [0.15, 0.2) is 0 Å². The van der Waals surface area contributed by atoms with Crippen LogP contribution in [0.2, 0.25) is 0 Å². The molecule has 0 saturated carbocycles. The van der Waals surface area contributed by atoms with Gasteiger partial charge in [-0.1, -0.05) is 0 Å². The van der Waals surface area contributed by atoms with Gasteiger partial charge in [0, 0.05) is 25.9 Å². The molecule has 0 amide bonds. The number of piperidine rings is 1. The normalized spacial score (nSPS) is 23.0. The second-order valence-corrected chi connectivity index (χ2v) is 7.66. The lowest BCUT2D eigenvalue weighted by molar-refractivity contribution is -0.0559. The summed E-state index contributed by atoms with van der Waals surface area (Å²) in [5, 5.41) is 0. The lowest BCUT2D eigenvalue weighted by atomic mass is 10.1. The summed E-state index contributed by atoms with van der Waals surface area (Å²) in [6.07, 6.45) is -1.35. The molecule has 1 aliphatic heterocycles. The highest BCUT2D eigenvalue weighted by molar-refractivity contribution is 7.70. The molecule has 7 nitrogen and oxygen atoms in total. The van der Waals surface area contributed by atoms with E-state index in [9.17, 15) is 17.9 Å². The minimum absolute atomic E-state index is 0.464. The Labute approximate surface area is 95.8 Å². The third kappa shape index (κ3) is 4.06. The van der Waals surface area contributed by atoms with Crippen molar-refractivity contribution in [3.8, 4) is 0 Å². The van der Waals surface area contributed by atoms with Crippen molar-refractivity contribution in [2.75, 3.05) is 13.1 Å². The molecule has 11 heteroatoms. The van der Waals surface area contributed by atoms with E-state index >= 15 is 0 Å². The van der Waals surface area contributed by atoms with Crippen LogP contribution in [0, 0.1) is 0 Å². The molecule has 1 saturated heterocycles. The van der Waals surface area contributed by atoms with Gasteiger partial charge in [0.05, 0.1) is 0 Å². The van der Waals surface area contributed by atoms with Crippen molar-refractivity contribution < 1.29 is 37.5 Å². The van der Waals surface area contributed by atoms with Gasteiger partial charge in [0.25, 0.3) is 5.92 Å². The number of rotatable bonds is 3. The summed E-state index contributed by atoms with van der Waals surface area (Å²) >= 11 is 0. The van der Waals surface area contributed by atoms with E-state index in [0.717, 1.165) is 4.90 Å². The maximum absolute atomic E-state index is 12.8. The van der Waals surface area contributed by atoms with Gasteiger partial charge in [0.1, 0.15) is 0 Å². The molecule has 102 valence electrons. The minimum Gasteiger partial charge on any atom is -0.323 e. The zero-order chi connectivity index (χ0) is 13.5. The van der Waals surface area contributed by atoms with Gasteiger partial charge in [-0.2, -0.15) is 0 Å². The van der Waals surface area contributed by atoms with Crippen LogP contribution in [0.5, 0.6) is 0 Å². The van der Waals surface area contributed by atoms with E-state index in [-0.39, 0.29) is 0 Å². The Balaban J connectivity index is 2.89. The highest BCUT2D eigenvalue weighted by Crippen LogP contribution is 2.61. The average molecular weight is 295 g/mol. The third-order valence-electron chi connectivity index (χ3n) is 2.46. The van der Waals surface area contributed by atoms with Gasteiger partial charge in [-0.15, -0.1) is 0 Å². The molecule has 1 aliphatic rings.